The first-order valence-electron chi connectivity index (χ1n) is 6.90. The smallest absolute Gasteiger partial charge is 0.240 e. The van der Waals surface area contributed by atoms with E-state index in [4.69, 9.17) is 5.73 Å². The average molecular weight is 322 g/mol. The highest BCUT2D eigenvalue weighted by molar-refractivity contribution is 7.89. The second kappa shape index (κ2) is 6.46. The quantitative estimate of drug-likeness (QED) is 0.831. The highest BCUT2D eigenvalue weighted by atomic mass is 32.2. The molecule has 6 heteroatoms. The van der Waals surface area contributed by atoms with Gasteiger partial charge in [0.05, 0.1) is 4.90 Å². The lowest BCUT2D eigenvalue weighted by molar-refractivity contribution is 0.579. The molecule has 0 fully saturated rings. The Hall–Kier alpha value is -1.92. The molecule has 2 rings (SSSR count). The number of nitrogens with one attached hydrogen (secondary N) is 1. The number of halogens is 1. The van der Waals surface area contributed by atoms with Crippen LogP contribution in [-0.4, -0.2) is 15.0 Å². The van der Waals surface area contributed by atoms with Gasteiger partial charge in [-0.05, 0) is 61.2 Å². The van der Waals surface area contributed by atoms with E-state index < -0.39 is 10.0 Å². The summed E-state index contributed by atoms with van der Waals surface area (Å²) in [6.07, 6.45) is 0.554. The molecule has 2 aromatic carbocycles. The number of benzene rings is 2. The van der Waals surface area contributed by atoms with Gasteiger partial charge in [-0.3, -0.25) is 0 Å². The van der Waals surface area contributed by atoms with Gasteiger partial charge in [0.15, 0.2) is 0 Å². The second-order valence-electron chi connectivity index (χ2n) is 5.26. The van der Waals surface area contributed by atoms with Crippen LogP contribution in [-0.2, 0) is 16.4 Å². The normalized spacial score (nSPS) is 11.6. The predicted molar refractivity (Wildman–Crippen MR) is 85.6 cm³/mol. The molecule has 0 spiro atoms. The SMILES string of the molecule is Cc1cc(S(=O)(=O)NCCc2ccc(N)cc2)cc(C)c1F. The van der Waals surface area contributed by atoms with Crippen molar-refractivity contribution < 1.29 is 12.8 Å². The number of hydrogen-bond acceptors (Lipinski definition) is 3. The first-order chi connectivity index (χ1) is 10.3. The maximum absolute atomic E-state index is 13.6. The van der Waals surface area contributed by atoms with Crippen molar-refractivity contribution in [1.29, 1.82) is 0 Å². The minimum atomic E-state index is -3.64. The number of nitrogen functional groups attached to an aromatic ring is 1. The second-order valence-corrected chi connectivity index (χ2v) is 7.03. The van der Waals surface area contributed by atoms with Crippen LogP contribution in [0.25, 0.3) is 0 Å². The predicted octanol–water partition coefficient (Wildman–Crippen LogP) is 2.55. The van der Waals surface area contributed by atoms with Gasteiger partial charge in [0.2, 0.25) is 10.0 Å². The van der Waals surface area contributed by atoms with Crippen LogP contribution in [0.4, 0.5) is 10.1 Å². The molecule has 0 atom stereocenters. The lowest BCUT2D eigenvalue weighted by Gasteiger charge is -2.10. The summed E-state index contributed by atoms with van der Waals surface area (Å²) < 4.78 is 40.6. The van der Waals surface area contributed by atoms with Crippen molar-refractivity contribution in [1.82, 2.24) is 4.72 Å². The summed E-state index contributed by atoms with van der Waals surface area (Å²) in [6, 6.07) is 9.94. The first kappa shape index (κ1) is 16.5. The number of nitrogens with two attached hydrogens (primary N) is 1. The molecule has 3 N–H and O–H groups in total. The Morgan fingerprint density at radius 1 is 1.09 bits per heavy atom. The zero-order chi connectivity index (χ0) is 16.3. The molecule has 0 heterocycles. The van der Waals surface area contributed by atoms with E-state index in [0.29, 0.717) is 23.2 Å². The topological polar surface area (TPSA) is 72.2 Å². The number of aryl methyl sites for hydroxylation is 2. The van der Waals surface area contributed by atoms with Crippen molar-refractivity contribution in [2.45, 2.75) is 25.2 Å². The summed E-state index contributed by atoms with van der Waals surface area (Å²) in [4.78, 5) is 0.0845. The summed E-state index contributed by atoms with van der Waals surface area (Å²) in [6.45, 7) is 3.37. The van der Waals surface area contributed by atoms with Gasteiger partial charge < -0.3 is 5.73 Å². The molecule has 0 amide bonds. The van der Waals surface area contributed by atoms with E-state index in [1.54, 1.807) is 26.0 Å². The molecule has 0 aliphatic rings. The fraction of sp³-hybridized carbons (Fsp3) is 0.250. The van der Waals surface area contributed by atoms with Crippen molar-refractivity contribution in [3.05, 3.63) is 58.9 Å². The van der Waals surface area contributed by atoms with Gasteiger partial charge >= 0.3 is 0 Å². The Labute approximate surface area is 130 Å². The lowest BCUT2D eigenvalue weighted by atomic mass is 10.1. The minimum Gasteiger partial charge on any atom is -0.399 e. The Morgan fingerprint density at radius 2 is 1.64 bits per heavy atom. The first-order valence-corrected chi connectivity index (χ1v) is 8.39. The summed E-state index contributed by atoms with van der Waals surface area (Å²) in [5.74, 6) is -0.374. The zero-order valence-corrected chi connectivity index (χ0v) is 13.4. The lowest BCUT2D eigenvalue weighted by Crippen LogP contribution is -2.26. The Bertz CT molecular complexity index is 748. The number of anilines is 1. The van der Waals surface area contributed by atoms with Crippen LogP contribution in [0.2, 0.25) is 0 Å². The van der Waals surface area contributed by atoms with E-state index in [0.717, 1.165) is 5.56 Å². The molecule has 4 nitrogen and oxygen atoms in total. The van der Waals surface area contributed by atoms with Gasteiger partial charge in [-0.15, -0.1) is 0 Å². The molecule has 0 aliphatic heterocycles. The van der Waals surface area contributed by atoms with Crippen molar-refractivity contribution in [3.63, 3.8) is 0 Å². The molecular weight excluding hydrogens is 303 g/mol. The van der Waals surface area contributed by atoms with Crippen molar-refractivity contribution in [3.8, 4) is 0 Å². The van der Waals surface area contributed by atoms with Crippen LogP contribution in [0.15, 0.2) is 41.3 Å². The monoisotopic (exact) mass is 322 g/mol. The third kappa shape index (κ3) is 3.84. The van der Waals surface area contributed by atoms with Crippen LogP contribution < -0.4 is 10.5 Å². The third-order valence-electron chi connectivity index (χ3n) is 3.41. The van der Waals surface area contributed by atoms with E-state index in [2.05, 4.69) is 4.72 Å². The summed E-state index contributed by atoms with van der Waals surface area (Å²) >= 11 is 0. The van der Waals surface area contributed by atoms with Gasteiger partial charge in [-0.2, -0.15) is 0 Å². The number of hydrogen-bond donors (Lipinski definition) is 2. The van der Waals surface area contributed by atoms with Crippen molar-refractivity contribution >= 4 is 15.7 Å². The van der Waals surface area contributed by atoms with Gasteiger partial charge in [-0.1, -0.05) is 12.1 Å². The van der Waals surface area contributed by atoms with E-state index in [-0.39, 0.29) is 17.3 Å². The van der Waals surface area contributed by atoms with Crippen molar-refractivity contribution in [2.75, 3.05) is 12.3 Å². The molecule has 22 heavy (non-hydrogen) atoms. The fourth-order valence-electron chi connectivity index (χ4n) is 2.16. The zero-order valence-electron chi connectivity index (χ0n) is 12.6. The molecule has 0 radical (unpaired) electrons. The van der Waals surface area contributed by atoms with Crippen LogP contribution in [0.1, 0.15) is 16.7 Å². The third-order valence-corrected chi connectivity index (χ3v) is 4.85. The summed E-state index contributed by atoms with van der Waals surface area (Å²) in [5, 5.41) is 0. The highest BCUT2D eigenvalue weighted by Crippen LogP contribution is 2.18. The molecule has 0 saturated carbocycles. The molecule has 0 unspecified atom stereocenters. The molecule has 118 valence electrons. The maximum atomic E-state index is 13.6. The van der Waals surface area contributed by atoms with E-state index >= 15 is 0 Å². The standard InChI is InChI=1S/C16H19FN2O2S/c1-11-9-15(10-12(2)16(11)17)22(20,21)19-8-7-13-3-5-14(18)6-4-13/h3-6,9-10,19H,7-8,18H2,1-2H3. The van der Waals surface area contributed by atoms with Crippen LogP contribution >= 0.6 is 0 Å². The van der Waals surface area contributed by atoms with Gasteiger partial charge in [0.25, 0.3) is 0 Å². The molecule has 0 bridgehead atoms. The Morgan fingerprint density at radius 3 is 2.18 bits per heavy atom. The summed E-state index contributed by atoms with van der Waals surface area (Å²) in [5.41, 5.74) is 7.89. The Balaban J connectivity index is 2.06. The number of sulfonamides is 1. The molecule has 0 aromatic heterocycles. The maximum Gasteiger partial charge on any atom is 0.240 e. The molecule has 0 saturated heterocycles. The average Bonchev–Trinajstić information content (AvgIpc) is 2.46. The highest BCUT2D eigenvalue weighted by Gasteiger charge is 2.16. The van der Waals surface area contributed by atoms with Crippen LogP contribution in [0, 0.1) is 19.7 Å². The Kier molecular flexibility index (Phi) is 4.83. The largest absolute Gasteiger partial charge is 0.399 e. The van der Waals surface area contributed by atoms with Gasteiger partial charge in [0.1, 0.15) is 5.82 Å². The summed E-state index contributed by atoms with van der Waals surface area (Å²) in [7, 11) is -3.64. The molecule has 0 aliphatic carbocycles. The molecule has 2 aromatic rings. The van der Waals surface area contributed by atoms with E-state index in [1.807, 2.05) is 12.1 Å². The van der Waals surface area contributed by atoms with Crippen molar-refractivity contribution in [2.24, 2.45) is 0 Å². The fourth-order valence-corrected chi connectivity index (χ4v) is 3.36. The van der Waals surface area contributed by atoms with Crippen LogP contribution in [0.3, 0.4) is 0 Å². The van der Waals surface area contributed by atoms with Crippen LogP contribution in [0.5, 0.6) is 0 Å². The van der Waals surface area contributed by atoms with E-state index in [9.17, 15) is 12.8 Å². The van der Waals surface area contributed by atoms with E-state index in [1.165, 1.54) is 12.1 Å². The number of rotatable bonds is 5. The molecular formula is C16H19FN2O2S. The minimum absolute atomic E-state index is 0.0845. The van der Waals surface area contributed by atoms with Gasteiger partial charge in [-0.25, -0.2) is 17.5 Å². The van der Waals surface area contributed by atoms with Gasteiger partial charge in [0, 0.05) is 12.2 Å².